The molecule has 3 aromatic rings. The highest BCUT2D eigenvalue weighted by Crippen LogP contribution is 2.40. The van der Waals surface area contributed by atoms with Crippen molar-refractivity contribution in [2.24, 2.45) is 5.10 Å². The first-order valence-corrected chi connectivity index (χ1v) is 10.8. The first kappa shape index (κ1) is 19.2. The maximum Gasteiger partial charge on any atom is 0.279 e. The lowest BCUT2D eigenvalue weighted by molar-refractivity contribution is 0.350. The van der Waals surface area contributed by atoms with Crippen molar-refractivity contribution in [1.29, 1.82) is 0 Å². The number of hydrazone groups is 1. The van der Waals surface area contributed by atoms with Crippen LogP contribution in [0.3, 0.4) is 0 Å². The van der Waals surface area contributed by atoms with Crippen molar-refractivity contribution in [2.75, 3.05) is 7.11 Å². The molecular formula is C23H22N2O3S. The number of ether oxygens (including phenoxy) is 1. The van der Waals surface area contributed by atoms with Gasteiger partial charge in [-0.2, -0.15) is 17.9 Å². The minimum Gasteiger partial charge on any atom is -0.496 e. The molecular weight excluding hydrogens is 384 g/mol. The Hall–Kier alpha value is -3.12. The number of rotatable bonds is 5. The Bertz CT molecular complexity index is 1140. The molecule has 0 saturated heterocycles. The third-order valence-electron chi connectivity index (χ3n) is 5.04. The van der Waals surface area contributed by atoms with Crippen LogP contribution in [0.15, 0.2) is 88.9 Å². The molecule has 0 N–H and O–H groups in total. The van der Waals surface area contributed by atoms with Crippen LogP contribution < -0.4 is 4.74 Å². The van der Waals surface area contributed by atoms with Crippen molar-refractivity contribution in [3.05, 3.63) is 95.6 Å². The van der Waals surface area contributed by atoms with Gasteiger partial charge in [0.25, 0.3) is 10.0 Å². The summed E-state index contributed by atoms with van der Waals surface area (Å²) in [5.41, 5.74) is 3.59. The van der Waals surface area contributed by atoms with E-state index in [1.807, 2.05) is 55.5 Å². The Labute approximate surface area is 171 Å². The normalized spacial score (nSPS) is 16.6. The lowest BCUT2D eigenvalue weighted by atomic mass is 9.98. The standard InChI is InChI=1S/C23H22N2O3S/c1-17-12-14-18(15-13-17)21-16-22(20-10-6-7-11-23(20)28-2)25(24-21)29(26,27)19-8-4-3-5-9-19/h3-15,22H,16H2,1-2H3. The molecule has 29 heavy (non-hydrogen) atoms. The third kappa shape index (κ3) is 3.63. The van der Waals surface area contributed by atoms with Gasteiger partial charge in [-0.15, -0.1) is 0 Å². The SMILES string of the molecule is COc1ccccc1C1CC(c2ccc(C)cc2)=NN1S(=O)(=O)c1ccccc1. The first-order chi connectivity index (χ1) is 14.0. The quantitative estimate of drug-likeness (QED) is 0.625. The molecule has 1 heterocycles. The fraction of sp³-hybridized carbons (Fsp3) is 0.174. The molecule has 0 bridgehead atoms. The molecule has 0 aliphatic carbocycles. The first-order valence-electron chi connectivity index (χ1n) is 9.37. The second kappa shape index (κ2) is 7.72. The summed E-state index contributed by atoms with van der Waals surface area (Å²) in [5, 5.41) is 4.58. The maximum atomic E-state index is 13.4. The Kier molecular flexibility index (Phi) is 5.11. The number of nitrogens with zero attached hydrogens (tertiary/aromatic N) is 2. The molecule has 0 aromatic heterocycles. The number of sulfonamides is 1. The highest BCUT2D eigenvalue weighted by atomic mass is 32.2. The van der Waals surface area contributed by atoms with E-state index in [1.165, 1.54) is 4.41 Å². The number of methoxy groups -OCH3 is 1. The fourth-order valence-electron chi connectivity index (χ4n) is 3.50. The average molecular weight is 407 g/mol. The minimum atomic E-state index is -3.82. The van der Waals surface area contributed by atoms with Gasteiger partial charge >= 0.3 is 0 Å². The molecule has 1 aliphatic rings. The third-order valence-corrected chi connectivity index (χ3v) is 6.74. The van der Waals surface area contributed by atoms with E-state index in [0.717, 1.165) is 22.4 Å². The Morgan fingerprint density at radius 3 is 2.28 bits per heavy atom. The van der Waals surface area contributed by atoms with Gasteiger partial charge in [-0.3, -0.25) is 0 Å². The predicted molar refractivity (Wildman–Crippen MR) is 114 cm³/mol. The number of aryl methyl sites for hydroxylation is 1. The van der Waals surface area contributed by atoms with E-state index in [4.69, 9.17) is 4.74 Å². The van der Waals surface area contributed by atoms with Crippen LogP contribution >= 0.6 is 0 Å². The summed E-state index contributed by atoms with van der Waals surface area (Å²) in [7, 11) is -2.23. The summed E-state index contributed by atoms with van der Waals surface area (Å²) in [6.07, 6.45) is 0.468. The summed E-state index contributed by atoms with van der Waals surface area (Å²) in [4.78, 5) is 0.216. The van der Waals surface area contributed by atoms with Crippen LogP contribution in [0.5, 0.6) is 5.75 Å². The lowest BCUT2D eigenvalue weighted by Crippen LogP contribution is -2.27. The number of para-hydroxylation sites is 1. The molecule has 0 spiro atoms. The summed E-state index contributed by atoms with van der Waals surface area (Å²) < 4.78 is 33.6. The summed E-state index contributed by atoms with van der Waals surface area (Å²) >= 11 is 0. The summed E-state index contributed by atoms with van der Waals surface area (Å²) in [6, 6.07) is 23.4. The topological polar surface area (TPSA) is 59.0 Å². The van der Waals surface area contributed by atoms with Crippen molar-refractivity contribution in [1.82, 2.24) is 4.41 Å². The maximum absolute atomic E-state index is 13.4. The van der Waals surface area contributed by atoms with Gasteiger partial charge in [0, 0.05) is 12.0 Å². The fourth-order valence-corrected chi connectivity index (χ4v) is 4.95. The van der Waals surface area contributed by atoms with E-state index in [9.17, 15) is 8.42 Å². The van der Waals surface area contributed by atoms with Crippen LogP contribution in [0.25, 0.3) is 0 Å². The second-order valence-electron chi connectivity index (χ2n) is 6.97. The van der Waals surface area contributed by atoms with E-state index >= 15 is 0 Å². The number of hydrogen-bond acceptors (Lipinski definition) is 4. The van der Waals surface area contributed by atoms with Crippen molar-refractivity contribution in [3.63, 3.8) is 0 Å². The van der Waals surface area contributed by atoms with Gasteiger partial charge in [-0.1, -0.05) is 66.2 Å². The van der Waals surface area contributed by atoms with Crippen LogP contribution in [0.2, 0.25) is 0 Å². The molecule has 0 radical (unpaired) electrons. The molecule has 6 heteroatoms. The zero-order chi connectivity index (χ0) is 20.4. The van der Waals surface area contributed by atoms with E-state index < -0.39 is 16.1 Å². The zero-order valence-corrected chi connectivity index (χ0v) is 17.1. The van der Waals surface area contributed by atoms with E-state index in [2.05, 4.69) is 5.10 Å². The Morgan fingerprint density at radius 2 is 1.59 bits per heavy atom. The van der Waals surface area contributed by atoms with E-state index in [0.29, 0.717) is 12.2 Å². The van der Waals surface area contributed by atoms with Gasteiger partial charge in [0.1, 0.15) is 5.75 Å². The van der Waals surface area contributed by atoms with Gasteiger partial charge in [-0.25, -0.2) is 0 Å². The number of benzene rings is 3. The predicted octanol–water partition coefficient (Wildman–Crippen LogP) is 4.54. The van der Waals surface area contributed by atoms with Gasteiger partial charge in [-0.05, 0) is 30.7 Å². The minimum absolute atomic E-state index is 0.216. The smallest absolute Gasteiger partial charge is 0.279 e. The molecule has 0 saturated carbocycles. The van der Waals surface area contributed by atoms with E-state index in [1.54, 1.807) is 37.4 Å². The highest BCUT2D eigenvalue weighted by molar-refractivity contribution is 7.89. The molecule has 148 valence electrons. The molecule has 0 amide bonds. The highest BCUT2D eigenvalue weighted by Gasteiger charge is 2.38. The molecule has 1 atom stereocenters. The molecule has 0 fully saturated rings. The molecule has 3 aromatic carbocycles. The Balaban J connectivity index is 1.83. The lowest BCUT2D eigenvalue weighted by Gasteiger charge is -2.24. The monoisotopic (exact) mass is 406 g/mol. The van der Waals surface area contributed by atoms with E-state index in [-0.39, 0.29) is 4.90 Å². The van der Waals surface area contributed by atoms with Crippen molar-refractivity contribution in [3.8, 4) is 5.75 Å². The Morgan fingerprint density at radius 1 is 0.931 bits per heavy atom. The van der Waals surface area contributed by atoms with Gasteiger partial charge < -0.3 is 4.74 Å². The van der Waals surface area contributed by atoms with Crippen LogP contribution in [0, 0.1) is 6.92 Å². The van der Waals surface area contributed by atoms with Gasteiger partial charge in [0.15, 0.2) is 0 Å². The second-order valence-corrected chi connectivity index (χ2v) is 8.76. The zero-order valence-electron chi connectivity index (χ0n) is 16.3. The summed E-state index contributed by atoms with van der Waals surface area (Å²) in [5.74, 6) is 0.645. The molecule has 1 unspecified atom stereocenters. The van der Waals surface area contributed by atoms with Crippen LogP contribution in [0.4, 0.5) is 0 Å². The van der Waals surface area contributed by atoms with Gasteiger partial charge in [0.2, 0.25) is 0 Å². The average Bonchev–Trinajstić information content (AvgIpc) is 3.21. The largest absolute Gasteiger partial charge is 0.496 e. The van der Waals surface area contributed by atoms with Crippen LogP contribution in [-0.2, 0) is 10.0 Å². The molecule has 4 rings (SSSR count). The van der Waals surface area contributed by atoms with Crippen molar-refractivity contribution in [2.45, 2.75) is 24.3 Å². The summed E-state index contributed by atoms with van der Waals surface area (Å²) in [6.45, 7) is 2.02. The van der Waals surface area contributed by atoms with Crippen molar-refractivity contribution < 1.29 is 13.2 Å². The molecule has 5 nitrogen and oxygen atoms in total. The number of hydrogen-bond donors (Lipinski definition) is 0. The van der Waals surface area contributed by atoms with Crippen molar-refractivity contribution >= 4 is 15.7 Å². The molecule has 1 aliphatic heterocycles. The van der Waals surface area contributed by atoms with Crippen LogP contribution in [-0.4, -0.2) is 25.7 Å². The van der Waals surface area contributed by atoms with Crippen LogP contribution in [0.1, 0.15) is 29.2 Å². The van der Waals surface area contributed by atoms with Gasteiger partial charge in [0.05, 0.1) is 23.8 Å².